The van der Waals surface area contributed by atoms with Gasteiger partial charge in [0, 0.05) is 55.8 Å². The summed E-state index contributed by atoms with van der Waals surface area (Å²) in [5.41, 5.74) is 1.97. The smallest absolute Gasteiger partial charge is 0.264 e. The lowest BCUT2D eigenvalue weighted by Gasteiger charge is -2.48. The second-order valence-corrected chi connectivity index (χ2v) is 16.2. The molecule has 47 heavy (non-hydrogen) atoms. The molecule has 9 nitrogen and oxygen atoms in total. The number of carbonyl (C=O) groups excluding carboxylic acids is 2. The number of sulfonamides is 1. The molecule has 254 valence electrons. The number of benzene rings is 2. The summed E-state index contributed by atoms with van der Waals surface area (Å²) in [6.07, 6.45) is 9.78. The highest BCUT2D eigenvalue weighted by atomic mass is 35.5. The van der Waals surface area contributed by atoms with Crippen LogP contribution in [0.5, 0.6) is 5.75 Å². The van der Waals surface area contributed by atoms with Crippen LogP contribution in [0.1, 0.15) is 66.9 Å². The van der Waals surface area contributed by atoms with Gasteiger partial charge in [0.25, 0.3) is 5.91 Å². The highest BCUT2D eigenvalue weighted by Crippen LogP contribution is 2.48. The van der Waals surface area contributed by atoms with Crippen molar-refractivity contribution >= 4 is 39.5 Å². The second-order valence-electron chi connectivity index (χ2n) is 13.8. The predicted molar refractivity (Wildman–Crippen MR) is 182 cm³/mol. The molecule has 1 N–H and O–H groups in total. The molecule has 0 saturated heterocycles. The third-order valence-corrected chi connectivity index (χ3v) is 13.3. The first-order chi connectivity index (χ1) is 22.5. The van der Waals surface area contributed by atoms with Crippen LogP contribution in [0.2, 0.25) is 5.02 Å². The van der Waals surface area contributed by atoms with E-state index in [1.807, 2.05) is 25.1 Å². The lowest BCUT2D eigenvalue weighted by atomic mass is 9.64. The minimum absolute atomic E-state index is 0.0648. The highest BCUT2D eigenvalue weighted by Gasteiger charge is 2.49. The first-order valence-corrected chi connectivity index (χ1v) is 18.5. The molecule has 2 aliphatic heterocycles. The van der Waals surface area contributed by atoms with Crippen molar-refractivity contribution in [3.05, 3.63) is 70.3 Å². The summed E-state index contributed by atoms with van der Waals surface area (Å²) in [4.78, 5) is 28.7. The maximum Gasteiger partial charge on any atom is 0.264 e. The zero-order chi connectivity index (χ0) is 33.4. The molecule has 1 fully saturated rings. The summed E-state index contributed by atoms with van der Waals surface area (Å²) >= 11 is 6.42. The predicted octanol–water partition coefficient (Wildman–Crippen LogP) is 5.48. The maximum atomic E-state index is 13.7. The van der Waals surface area contributed by atoms with Gasteiger partial charge < -0.3 is 19.1 Å². The Morgan fingerprint density at radius 2 is 2.00 bits per heavy atom. The summed E-state index contributed by atoms with van der Waals surface area (Å²) in [6.45, 7) is 3.77. The monoisotopic (exact) mass is 684 g/mol. The van der Waals surface area contributed by atoms with Crippen LogP contribution >= 0.6 is 11.6 Å². The van der Waals surface area contributed by atoms with Crippen LogP contribution in [0.15, 0.2) is 48.6 Å². The van der Waals surface area contributed by atoms with Gasteiger partial charge in [0.2, 0.25) is 10.0 Å². The Morgan fingerprint density at radius 1 is 1.17 bits per heavy atom. The van der Waals surface area contributed by atoms with Gasteiger partial charge >= 0.3 is 0 Å². The van der Waals surface area contributed by atoms with E-state index in [2.05, 4.69) is 21.8 Å². The Bertz CT molecular complexity index is 1650. The number of nitrogens with one attached hydrogen (secondary N) is 1. The summed E-state index contributed by atoms with van der Waals surface area (Å²) in [5.74, 6) is -0.330. The van der Waals surface area contributed by atoms with Gasteiger partial charge in [-0.05, 0) is 104 Å². The molecule has 0 radical (unpaired) electrons. The normalized spacial score (nSPS) is 32.5. The molecule has 1 saturated carbocycles. The van der Waals surface area contributed by atoms with Crippen molar-refractivity contribution in [3.63, 3.8) is 0 Å². The number of nitrogens with zero attached hydrogens (tertiary/aromatic N) is 1. The highest BCUT2D eigenvalue weighted by molar-refractivity contribution is 7.90. The number of ether oxygens (including phenoxy) is 3. The fourth-order valence-electron chi connectivity index (χ4n) is 8.30. The van der Waals surface area contributed by atoms with Gasteiger partial charge in [-0.1, -0.05) is 30.7 Å². The van der Waals surface area contributed by atoms with Crippen LogP contribution in [0.3, 0.4) is 0 Å². The van der Waals surface area contributed by atoms with Crippen molar-refractivity contribution < 1.29 is 32.2 Å². The molecule has 0 aromatic heterocycles. The molecular weight excluding hydrogens is 640 g/mol. The first kappa shape index (κ1) is 34.0. The molecular formula is C36H45ClN2O7S. The van der Waals surface area contributed by atoms with Crippen LogP contribution < -0.4 is 14.4 Å². The summed E-state index contributed by atoms with van der Waals surface area (Å²) in [6, 6.07) is 11.3. The Morgan fingerprint density at radius 3 is 2.72 bits per heavy atom. The number of rotatable bonds is 5. The van der Waals surface area contributed by atoms with Crippen molar-refractivity contribution in [3.8, 4) is 5.75 Å². The Labute approximate surface area is 283 Å². The fraction of sp³-hybridized carbons (Fsp3) is 0.556. The molecule has 6 atom stereocenters. The number of fused-ring (bicyclic) bond motifs is 4. The zero-order valence-electron chi connectivity index (χ0n) is 27.4. The number of methoxy groups -OCH3 is 2. The van der Waals surface area contributed by atoms with Gasteiger partial charge in [0.1, 0.15) is 11.4 Å². The molecule has 1 amide bonds. The number of allylic oxidation sites excluding steroid dienone is 1. The van der Waals surface area contributed by atoms with E-state index in [1.54, 1.807) is 25.3 Å². The average molecular weight is 685 g/mol. The molecule has 1 spiro atoms. The number of hydrogen-bond donors (Lipinski definition) is 1. The molecule has 2 aromatic rings. The minimum atomic E-state index is -4.09. The molecule has 2 aromatic carbocycles. The van der Waals surface area contributed by atoms with Gasteiger partial charge in [-0.3, -0.25) is 9.59 Å². The Balaban J connectivity index is 1.45. The van der Waals surface area contributed by atoms with E-state index in [1.165, 1.54) is 18.2 Å². The Hall–Kier alpha value is -2.92. The maximum absolute atomic E-state index is 13.7. The van der Waals surface area contributed by atoms with Crippen molar-refractivity contribution in [1.29, 1.82) is 0 Å². The fourth-order valence-corrected chi connectivity index (χ4v) is 10.2. The largest absolute Gasteiger partial charge is 0.490 e. The Kier molecular flexibility index (Phi) is 9.78. The van der Waals surface area contributed by atoms with Crippen molar-refractivity contribution in [2.45, 2.75) is 68.1 Å². The van der Waals surface area contributed by atoms with Crippen LogP contribution in [0.25, 0.3) is 0 Å². The lowest BCUT2D eigenvalue weighted by Crippen LogP contribution is -2.53. The summed E-state index contributed by atoms with van der Waals surface area (Å²) in [5, 5.41) is -0.183. The third kappa shape index (κ3) is 6.46. The van der Waals surface area contributed by atoms with E-state index in [4.69, 9.17) is 25.8 Å². The van der Waals surface area contributed by atoms with Crippen LogP contribution in [0, 0.1) is 17.8 Å². The minimum Gasteiger partial charge on any atom is -0.490 e. The molecule has 0 unspecified atom stereocenters. The molecule has 2 aliphatic carbocycles. The summed E-state index contributed by atoms with van der Waals surface area (Å²) < 4.78 is 47.6. The van der Waals surface area contributed by atoms with E-state index in [-0.39, 0.29) is 41.8 Å². The van der Waals surface area contributed by atoms with Gasteiger partial charge in [-0.15, -0.1) is 0 Å². The van der Waals surface area contributed by atoms with Gasteiger partial charge in [-0.25, -0.2) is 13.1 Å². The van der Waals surface area contributed by atoms with E-state index < -0.39 is 26.8 Å². The average Bonchev–Trinajstić information content (AvgIpc) is 3.18. The van der Waals surface area contributed by atoms with E-state index in [0.29, 0.717) is 36.9 Å². The van der Waals surface area contributed by atoms with Crippen LogP contribution in [-0.4, -0.2) is 72.0 Å². The van der Waals surface area contributed by atoms with E-state index >= 15 is 0 Å². The number of amides is 1. The molecule has 4 aliphatic rings. The van der Waals surface area contributed by atoms with Gasteiger partial charge in [-0.2, -0.15) is 0 Å². The van der Waals surface area contributed by atoms with Crippen LogP contribution in [-0.2, 0) is 36.1 Å². The SMILES string of the molecule is COCC[C@@H]1[C@@H](C)C/C=C\[C@@](C=O)(OC)[C@@H]2CC[C@H]2CN2C[C@@]3(CCCc4cc(Cl)ccc43)COc3ccc(cc32)C(=O)NS1(=O)=O. The molecule has 2 heterocycles. The van der Waals surface area contributed by atoms with Crippen molar-refractivity contribution in [2.75, 3.05) is 45.4 Å². The van der Waals surface area contributed by atoms with Gasteiger partial charge in [0.05, 0.1) is 17.5 Å². The molecule has 6 rings (SSSR count). The third-order valence-electron chi connectivity index (χ3n) is 11.0. The number of anilines is 1. The number of carbonyl (C=O) groups is 2. The number of aryl methyl sites for hydroxylation is 1. The number of hydrogen-bond acceptors (Lipinski definition) is 8. The number of aldehydes is 1. The van der Waals surface area contributed by atoms with E-state index in [0.717, 1.165) is 44.1 Å². The zero-order valence-corrected chi connectivity index (χ0v) is 28.9. The molecule has 2 bridgehead atoms. The standard InChI is InChI=1S/C36H45ClN2O7S/c1-24-6-4-16-36(22-40,45-3)30-11-8-27(30)20-39-21-35(15-5-7-25-18-28(37)10-12-29(25)35)23-46-32-13-9-26(19-31(32)39)34(41)38-47(42,43)33(24)14-17-44-2/h4,9-10,12-13,16,18-19,22,24,27,30,33H,5-8,11,14-15,17,20-21,23H2,1-3H3,(H,38,41)/b16-4-/t24-,27-,30+,33+,35-,36-/m0/s1. The van der Waals surface area contributed by atoms with Crippen molar-refractivity contribution in [2.24, 2.45) is 17.8 Å². The summed E-state index contributed by atoms with van der Waals surface area (Å²) in [7, 11) is -1.00. The quantitative estimate of drug-likeness (QED) is 0.326. The van der Waals surface area contributed by atoms with Gasteiger partial charge in [0.15, 0.2) is 6.29 Å². The molecule has 11 heteroatoms. The van der Waals surface area contributed by atoms with E-state index in [9.17, 15) is 18.0 Å². The first-order valence-electron chi connectivity index (χ1n) is 16.6. The lowest BCUT2D eigenvalue weighted by molar-refractivity contribution is -0.135. The van der Waals surface area contributed by atoms with Crippen LogP contribution in [0.4, 0.5) is 5.69 Å². The van der Waals surface area contributed by atoms with Crippen molar-refractivity contribution in [1.82, 2.24) is 4.72 Å². The second kappa shape index (κ2) is 13.5. The topological polar surface area (TPSA) is 111 Å². The number of halogens is 1.